The van der Waals surface area contributed by atoms with E-state index in [0.717, 1.165) is 32.1 Å². The highest BCUT2D eigenvalue weighted by molar-refractivity contribution is 5.68. The van der Waals surface area contributed by atoms with E-state index in [-0.39, 0.29) is 6.42 Å². The van der Waals surface area contributed by atoms with Gasteiger partial charge in [-0.2, -0.15) is 0 Å². The van der Waals surface area contributed by atoms with E-state index in [4.69, 9.17) is 5.11 Å². The molecule has 0 amide bonds. The van der Waals surface area contributed by atoms with Crippen LogP contribution in [0.2, 0.25) is 0 Å². The van der Waals surface area contributed by atoms with Crippen molar-refractivity contribution in [3.8, 4) is 0 Å². The summed E-state index contributed by atoms with van der Waals surface area (Å²) in [4.78, 5) is 11.1. The average Bonchev–Trinajstić information content (AvgIpc) is 2.61. The van der Waals surface area contributed by atoms with E-state index in [2.05, 4.69) is 19.1 Å². The van der Waals surface area contributed by atoms with Crippen molar-refractivity contribution in [1.82, 2.24) is 0 Å². The zero-order valence-electron chi connectivity index (χ0n) is 20.2. The third kappa shape index (κ3) is 19.1. The molecule has 2 unspecified atom stereocenters. The number of aliphatic hydroxyl groups excluding tert-OH is 1. The maximum Gasteiger partial charge on any atom is 0.306 e. The second-order valence-electron chi connectivity index (χ2n) is 10.1. The van der Waals surface area contributed by atoms with E-state index in [1.54, 1.807) is 0 Å². The molecule has 0 aromatic heterocycles. The predicted molar refractivity (Wildman–Crippen MR) is 126 cm³/mol. The van der Waals surface area contributed by atoms with Crippen LogP contribution in [0.3, 0.4) is 0 Å². The van der Waals surface area contributed by atoms with Crippen molar-refractivity contribution >= 4 is 5.97 Å². The second-order valence-corrected chi connectivity index (χ2v) is 10.1. The molecule has 0 aromatic carbocycles. The molecule has 0 spiro atoms. The van der Waals surface area contributed by atoms with Crippen LogP contribution in [0.5, 0.6) is 0 Å². The highest BCUT2D eigenvalue weighted by Crippen LogP contribution is 2.23. The molecule has 0 fully saturated rings. The molecule has 0 saturated carbocycles. The summed E-state index contributed by atoms with van der Waals surface area (Å²) in [5.41, 5.74) is -1.27. The fourth-order valence-corrected chi connectivity index (χ4v) is 4.06. The number of nitrogens with zero attached hydrogens (tertiary/aromatic N) is 1. The lowest BCUT2D eigenvalue weighted by atomic mass is 9.90. The van der Waals surface area contributed by atoms with Crippen molar-refractivity contribution in [1.29, 1.82) is 0 Å². The number of carboxylic acids is 1. The molecule has 0 aliphatic heterocycles. The van der Waals surface area contributed by atoms with Gasteiger partial charge in [-0.3, -0.25) is 4.79 Å². The number of rotatable bonds is 20. The Kier molecular flexibility index (Phi) is 16.2. The molecule has 30 heavy (non-hydrogen) atoms. The minimum atomic E-state index is -1.27. The molecule has 2 atom stereocenters. The van der Waals surface area contributed by atoms with Crippen LogP contribution >= 0.6 is 0 Å². The number of carboxylic acid groups (broad SMARTS) is 1. The molecule has 178 valence electrons. The van der Waals surface area contributed by atoms with Crippen LogP contribution in [0.4, 0.5) is 0 Å². The lowest BCUT2D eigenvalue weighted by Crippen LogP contribution is -2.50. The van der Waals surface area contributed by atoms with Gasteiger partial charge in [-0.1, -0.05) is 64.0 Å². The number of aliphatic carboxylic acids is 1. The van der Waals surface area contributed by atoms with Gasteiger partial charge >= 0.3 is 5.97 Å². The van der Waals surface area contributed by atoms with Crippen molar-refractivity contribution in [2.24, 2.45) is 0 Å². The van der Waals surface area contributed by atoms with Gasteiger partial charge in [-0.25, -0.2) is 0 Å². The smallest absolute Gasteiger partial charge is 0.306 e. The number of carbonyl (C=O) groups is 1. The summed E-state index contributed by atoms with van der Waals surface area (Å²) < 4.78 is 0.492. The quantitative estimate of drug-likeness (QED) is 0.140. The van der Waals surface area contributed by atoms with E-state index in [1.165, 1.54) is 44.9 Å². The fraction of sp³-hybridized carbons (Fsp3) is 0.880. The minimum absolute atomic E-state index is 0.277. The molecule has 5 heteroatoms. The van der Waals surface area contributed by atoms with Gasteiger partial charge in [0, 0.05) is 0 Å². The summed E-state index contributed by atoms with van der Waals surface area (Å²) in [6.45, 7) is 2.61. The Morgan fingerprint density at radius 2 is 1.43 bits per heavy atom. The van der Waals surface area contributed by atoms with Gasteiger partial charge in [0.25, 0.3) is 0 Å². The average molecular weight is 429 g/mol. The van der Waals surface area contributed by atoms with Crippen LogP contribution in [0.1, 0.15) is 103 Å². The zero-order chi connectivity index (χ0) is 22.9. The highest BCUT2D eigenvalue weighted by Gasteiger charge is 2.36. The number of allylic oxidation sites excluding steroid dienone is 2. The molecular weight excluding hydrogens is 378 g/mol. The van der Waals surface area contributed by atoms with Gasteiger partial charge in [0.15, 0.2) is 0 Å². The van der Waals surface area contributed by atoms with Gasteiger partial charge < -0.3 is 19.8 Å². The third-order valence-electron chi connectivity index (χ3n) is 5.49. The van der Waals surface area contributed by atoms with Gasteiger partial charge in [0.05, 0.1) is 33.7 Å². The first-order valence-corrected chi connectivity index (χ1v) is 12.2. The Morgan fingerprint density at radius 3 is 1.97 bits per heavy atom. The highest BCUT2D eigenvalue weighted by atomic mass is 16.4. The van der Waals surface area contributed by atoms with Gasteiger partial charge in [0.2, 0.25) is 0 Å². The molecular formula is C25H50NO4+. The van der Waals surface area contributed by atoms with Gasteiger partial charge in [0.1, 0.15) is 12.1 Å². The Morgan fingerprint density at radius 1 is 0.900 bits per heavy atom. The Balaban J connectivity index is 3.84. The summed E-state index contributed by atoms with van der Waals surface area (Å²) in [7, 11) is 5.81. The number of unbranched alkanes of at least 4 members (excludes halogenated alkanes) is 9. The number of hydrogen-bond donors (Lipinski definition) is 3. The molecule has 0 aliphatic carbocycles. The standard InChI is InChI=1S/C25H49NO4/c1-5-6-7-8-9-10-11-12-13-14-15-16-17-18-23(27)19-20-25(30,21-24(28)29)22-26(2,3)4/h12-13,23,27,30H,5-11,14-22H2,1-4H3/p+1. The second kappa shape index (κ2) is 16.7. The fourth-order valence-electron chi connectivity index (χ4n) is 4.06. The van der Waals surface area contributed by atoms with Crippen LogP contribution in [0.15, 0.2) is 12.2 Å². The molecule has 0 aliphatic rings. The van der Waals surface area contributed by atoms with E-state index < -0.39 is 17.7 Å². The Hall–Kier alpha value is -0.910. The minimum Gasteiger partial charge on any atom is -0.481 e. The normalized spacial score (nSPS) is 15.4. The van der Waals surface area contributed by atoms with Gasteiger partial charge in [-0.15, -0.1) is 0 Å². The van der Waals surface area contributed by atoms with Crippen molar-refractivity contribution in [2.75, 3.05) is 27.7 Å². The molecule has 0 saturated heterocycles. The van der Waals surface area contributed by atoms with Crippen LogP contribution in [0.25, 0.3) is 0 Å². The lowest BCUT2D eigenvalue weighted by molar-refractivity contribution is -0.877. The van der Waals surface area contributed by atoms with Crippen molar-refractivity contribution < 1.29 is 24.6 Å². The molecule has 5 nitrogen and oxygen atoms in total. The maximum absolute atomic E-state index is 11.1. The molecule has 3 N–H and O–H groups in total. The largest absolute Gasteiger partial charge is 0.481 e. The SMILES string of the molecule is CCCCCCCCC=CCCCCCC(O)CCC(O)(CC(=O)O)C[N+](C)(C)C. The van der Waals surface area contributed by atoms with Crippen molar-refractivity contribution in [3.05, 3.63) is 12.2 Å². The third-order valence-corrected chi connectivity index (χ3v) is 5.49. The molecule has 0 aromatic rings. The first kappa shape index (κ1) is 29.1. The Labute approximate surface area is 185 Å². The number of hydrogen-bond acceptors (Lipinski definition) is 3. The van der Waals surface area contributed by atoms with Crippen LogP contribution in [-0.2, 0) is 4.79 Å². The summed E-state index contributed by atoms with van der Waals surface area (Å²) in [5, 5.41) is 30.1. The molecule has 0 heterocycles. The number of likely N-dealkylation sites (N-methyl/N-ethyl adjacent to an activating group) is 1. The maximum atomic E-state index is 11.1. The van der Waals surface area contributed by atoms with E-state index in [9.17, 15) is 15.0 Å². The summed E-state index contributed by atoms with van der Waals surface area (Å²) in [5.74, 6) is -0.995. The van der Waals surface area contributed by atoms with Crippen molar-refractivity contribution in [2.45, 2.75) is 115 Å². The lowest BCUT2D eigenvalue weighted by Gasteiger charge is -2.35. The summed E-state index contributed by atoms with van der Waals surface area (Å²) in [6, 6.07) is 0. The molecule has 0 bridgehead atoms. The van der Waals surface area contributed by atoms with Gasteiger partial charge in [-0.05, 0) is 44.9 Å². The first-order chi connectivity index (χ1) is 14.1. The Bertz CT molecular complexity index is 459. The number of quaternary nitrogens is 1. The van der Waals surface area contributed by atoms with Crippen LogP contribution < -0.4 is 0 Å². The topological polar surface area (TPSA) is 77.8 Å². The molecule has 0 rings (SSSR count). The van der Waals surface area contributed by atoms with Crippen LogP contribution in [-0.4, -0.2) is 65.2 Å². The van der Waals surface area contributed by atoms with E-state index in [0.29, 0.717) is 23.9 Å². The first-order valence-electron chi connectivity index (χ1n) is 12.2. The summed E-state index contributed by atoms with van der Waals surface area (Å²) >= 11 is 0. The number of aliphatic hydroxyl groups is 2. The van der Waals surface area contributed by atoms with Crippen LogP contribution in [0, 0.1) is 0 Å². The monoisotopic (exact) mass is 428 g/mol. The predicted octanol–water partition coefficient (Wildman–Crippen LogP) is 5.30. The van der Waals surface area contributed by atoms with Crippen molar-refractivity contribution in [3.63, 3.8) is 0 Å². The zero-order valence-corrected chi connectivity index (χ0v) is 20.2. The van der Waals surface area contributed by atoms with E-state index >= 15 is 0 Å². The summed E-state index contributed by atoms with van der Waals surface area (Å²) in [6.07, 6.45) is 18.9. The van der Waals surface area contributed by atoms with E-state index in [1.807, 2.05) is 21.1 Å². The molecule has 0 radical (unpaired) electrons.